The van der Waals surface area contributed by atoms with Crippen LogP contribution in [-0.4, -0.2) is 56.0 Å². The number of amides is 1. The number of nitrogens with zero attached hydrogens (tertiary/aromatic N) is 1. The molecule has 156 valence electrons. The number of aliphatic hydroxyl groups is 1. The minimum atomic E-state index is -0.515. The molecule has 0 spiro atoms. The Kier molecular flexibility index (Phi) is 6.77. The van der Waals surface area contributed by atoms with Crippen LogP contribution in [0.4, 0.5) is 0 Å². The predicted molar refractivity (Wildman–Crippen MR) is 111 cm³/mol. The van der Waals surface area contributed by atoms with E-state index in [0.717, 1.165) is 11.1 Å². The van der Waals surface area contributed by atoms with E-state index in [-0.39, 0.29) is 12.5 Å². The van der Waals surface area contributed by atoms with Crippen LogP contribution in [0, 0.1) is 0 Å². The van der Waals surface area contributed by atoms with E-state index in [1.165, 1.54) is 0 Å². The summed E-state index contributed by atoms with van der Waals surface area (Å²) in [6.07, 6.45) is -0.515. The van der Waals surface area contributed by atoms with Crippen molar-refractivity contribution < 1.29 is 24.1 Å². The Morgan fingerprint density at radius 3 is 2.59 bits per heavy atom. The number of methoxy groups -OCH3 is 2. The van der Waals surface area contributed by atoms with Crippen molar-refractivity contribution in [1.82, 2.24) is 4.90 Å². The lowest BCUT2D eigenvalue weighted by Gasteiger charge is -2.41. The maximum Gasteiger partial charge on any atom is 0.254 e. The molecule has 3 rings (SSSR count). The first-order valence-corrected chi connectivity index (χ1v) is 9.85. The molecule has 0 bridgehead atoms. The van der Waals surface area contributed by atoms with Crippen LogP contribution in [-0.2, 0) is 4.74 Å². The van der Waals surface area contributed by atoms with Gasteiger partial charge in [-0.15, -0.1) is 0 Å². The number of morpholine rings is 1. The van der Waals surface area contributed by atoms with Gasteiger partial charge in [0.25, 0.3) is 5.91 Å². The molecule has 2 aromatic rings. The van der Waals surface area contributed by atoms with Gasteiger partial charge in [-0.3, -0.25) is 4.79 Å². The number of hydrogen-bond acceptors (Lipinski definition) is 5. The van der Waals surface area contributed by atoms with E-state index in [0.29, 0.717) is 36.1 Å². The van der Waals surface area contributed by atoms with Gasteiger partial charge >= 0.3 is 0 Å². The standard InChI is InChI=1S/C23H29NO5/c1-15(2)16-6-5-7-18(12-16)23(26)24-10-11-29-21(14-25)22(24)17-8-9-19(27-3)20(13-17)28-4/h5-9,12-13,15,21-22,25H,10-11,14H2,1-4H3. The highest BCUT2D eigenvalue weighted by Gasteiger charge is 2.37. The molecule has 29 heavy (non-hydrogen) atoms. The van der Waals surface area contributed by atoms with Crippen molar-refractivity contribution in [2.24, 2.45) is 0 Å². The number of rotatable bonds is 6. The molecule has 1 aliphatic rings. The van der Waals surface area contributed by atoms with Crippen LogP contribution in [0.3, 0.4) is 0 Å². The predicted octanol–water partition coefficient (Wildman–Crippen LogP) is 3.40. The summed E-state index contributed by atoms with van der Waals surface area (Å²) in [7, 11) is 3.15. The first kappa shape index (κ1) is 21.1. The first-order valence-electron chi connectivity index (χ1n) is 9.85. The Bertz CT molecular complexity index is 851. The second kappa shape index (κ2) is 9.29. The summed E-state index contributed by atoms with van der Waals surface area (Å²) in [5.74, 6) is 1.44. The molecule has 1 heterocycles. The van der Waals surface area contributed by atoms with Crippen LogP contribution in [0.1, 0.15) is 47.3 Å². The van der Waals surface area contributed by atoms with Crippen molar-refractivity contribution in [3.8, 4) is 11.5 Å². The zero-order valence-corrected chi connectivity index (χ0v) is 17.4. The summed E-state index contributed by atoms with van der Waals surface area (Å²) in [6.45, 7) is 4.85. The van der Waals surface area contributed by atoms with Gasteiger partial charge in [-0.05, 0) is 41.3 Å². The lowest BCUT2D eigenvalue weighted by atomic mass is 9.95. The fraction of sp³-hybridized carbons (Fsp3) is 0.435. The lowest BCUT2D eigenvalue weighted by molar-refractivity contribution is -0.0811. The van der Waals surface area contributed by atoms with Gasteiger partial charge in [-0.2, -0.15) is 0 Å². The second-order valence-electron chi connectivity index (χ2n) is 7.43. The number of carbonyl (C=O) groups excluding carboxylic acids is 1. The van der Waals surface area contributed by atoms with E-state index < -0.39 is 12.1 Å². The van der Waals surface area contributed by atoms with Crippen LogP contribution in [0.25, 0.3) is 0 Å². The van der Waals surface area contributed by atoms with Crippen LogP contribution in [0.5, 0.6) is 11.5 Å². The molecular formula is C23H29NO5. The van der Waals surface area contributed by atoms with Crippen molar-refractivity contribution in [2.75, 3.05) is 34.0 Å². The van der Waals surface area contributed by atoms with Crippen molar-refractivity contribution in [2.45, 2.75) is 31.9 Å². The molecule has 1 saturated heterocycles. The van der Waals surface area contributed by atoms with Crippen LogP contribution < -0.4 is 9.47 Å². The highest BCUT2D eigenvalue weighted by molar-refractivity contribution is 5.94. The molecule has 6 heteroatoms. The summed E-state index contributed by atoms with van der Waals surface area (Å²) < 4.78 is 16.5. The molecule has 1 aliphatic heterocycles. The molecule has 0 aromatic heterocycles. The third-order valence-electron chi connectivity index (χ3n) is 5.34. The Morgan fingerprint density at radius 1 is 1.17 bits per heavy atom. The monoisotopic (exact) mass is 399 g/mol. The van der Waals surface area contributed by atoms with E-state index in [9.17, 15) is 9.90 Å². The Balaban J connectivity index is 2.00. The highest BCUT2D eigenvalue weighted by atomic mass is 16.5. The van der Waals surface area contributed by atoms with Gasteiger partial charge in [-0.25, -0.2) is 0 Å². The third-order valence-corrected chi connectivity index (χ3v) is 5.34. The van der Waals surface area contributed by atoms with Gasteiger partial charge in [0, 0.05) is 12.1 Å². The quantitative estimate of drug-likeness (QED) is 0.806. The zero-order chi connectivity index (χ0) is 21.0. The van der Waals surface area contributed by atoms with Crippen molar-refractivity contribution in [3.63, 3.8) is 0 Å². The molecule has 0 saturated carbocycles. The normalized spacial score (nSPS) is 19.3. The van der Waals surface area contributed by atoms with Gasteiger partial charge in [0.15, 0.2) is 11.5 Å². The molecule has 2 aromatic carbocycles. The van der Waals surface area contributed by atoms with Crippen LogP contribution >= 0.6 is 0 Å². The number of hydrogen-bond donors (Lipinski definition) is 1. The average Bonchev–Trinajstić information content (AvgIpc) is 2.77. The Morgan fingerprint density at radius 2 is 1.93 bits per heavy atom. The minimum Gasteiger partial charge on any atom is -0.493 e. The van der Waals surface area contributed by atoms with Crippen molar-refractivity contribution in [3.05, 3.63) is 59.2 Å². The van der Waals surface area contributed by atoms with Crippen LogP contribution in [0.15, 0.2) is 42.5 Å². The third kappa shape index (κ3) is 4.38. The molecule has 1 fully saturated rings. The molecule has 0 radical (unpaired) electrons. The molecule has 6 nitrogen and oxygen atoms in total. The molecular weight excluding hydrogens is 370 g/mol. The van der Waals surface area contributed by atoms with E-state index in [1.807, 2.05) is 36.4 Å². The molecule has 2 atom stereocenters. The topological polar surface area (TPSA) is 68.2 Å². The smallest absolute Gasteiger partial charge is 0.254 e. The van der Waals surface area contributed by atoms with Gasteiger partial charge < -0.3 is 24.2 Å². The maximum atomic E-state index is 13.4. The second-order valence-corrected chi connectivity index (χ2v) is 7.43. The summed E-state index contributed by atoms with van der Waals surface area (Å²) in [4.78, 5) is 15.2. The number of ether oxygens (including phenoxy) is 3. The molecule has 1 N–H and O–H groups in total. The van der Waals surface area contributed by atoms with E-state index in [1.54, 1.807) is 25.2 Å². The largest absolute Gasteiger partial charge is 0.493 e. The molecule has 1 amide bonds. The zero-order valence-electron chi connectivity index (χ0n) is 17.4. The summed E-state index contributed by atoms with van der Waals surface area (Å²) >= 11 is 0. The lowest BCUT2D eigenvalue weighted by Crippen LogP contribution is -2.49. The fourth-order valence-corrected chi connectivity index (χ4v) is 3.74. The van der Waals surface area contributed by atoms with E-state index in [4.69, 9.17) is 14.2 Å². The van der Waals surface area contributed by atoms with E-state index >= 15 is 0 Å². The summed E-state index contributed by atoms with van der Waals surface area (Å²) in [5, 5.41) is 9.92. The van der Waals surface area contributed by atoms with Crippen molar-refractivity contribution in [1.29, 1.82) is 0 Å². The summed E-state index contributed by atoms with van der Waals surface area (Å²) in [5.41, 5.74) is 2.58. The van der Waals surface area contributed by atoms with Crippen molar-refractivity contribution >= 4 is 5.91 Å². The Labute approximate surface area is 172 Å². The number of benzene rings is 2. The van der Waals surface area contributed by atoms with Gasteiger partial charge in [0.1, 0.15) is 6.10 Å². The van der Waals surface area contributed by atoms with E-state index in [2.05, 4.69) is 13.8 Å². The Hall–Kier alpha value is -2.57. The molecule has 2 unspecified atom stereocenters. The van der Waals surface area contributed by atoms with Crippen LogP contribution in [0.2, 0.25) is 0 Å². The first-order chi connectivity index (χ1) is 14.0. The van der Waals surface area contributed by atoms with Gasteiger partial charge in [0.05, 0.1) is 33.5 Å². The minimum absolute atomic E-state index is 0.0750. The number of aliphatic hydroxyl groups excluding tert-OH is 1. The van der Waals surface area contributed by atoms with Gasteiger partial charge in [-0.1, -0.05) is 32.0 Å². The summed E-state index contributed by atoms with van der Waals surface area (Å²) in [6, 6.07) is 12.8. The number of carbonyl (C=O) groups is 1. The molecule has 0 aliphatic carbocycles. The maximum absolute atomic E-state index is 13.4. The van der Waals surface area contributed by atoms with Gasteiger partial charge in [0.2, 0.25) is 0 Å². The fourth-order valence-electron chi connectivity index (χ4n) is 3.74. The highest BCUT2D eigenvalue weighted by Crippen LogP contribution is 2.36. The SMILES string of the molecule is COc1ccc(C2C(CO)OCCN2C(=O)c2cccc(C(C)C)c2)cc1OC. The average molecular weight is 399 g/mol.